The van der Waals surface area contributed by atoms with Gasteiger partial charge in [-0.15, -0.1) is 24.8 Å². The van der Waals surface area contributed by atoms with Crippen molar-refractivity contribution in [3.8, 4) is 0 Å². The lowest BCUT2D eigenvalue weighted by atomic mass is 10.0. The second-order valence-corrected chi connectivity index (χ2v) is 6.17. The molecule has 114 valence electrons. The molecule has 0 bridgehead atoms. The van der Waals surface area contributed by atoms with Crippen molar-refractivity contribution in [2.75, 3.05) is 37.7 Å². The van der Waals surface area contributed by atoms with Crippen molar-refractivity contribution in [1.29, 1.82) is 0 Å². The highest BCUT2D eigenvalue weighted by Gasteiger charge is 2.29. The number of nitrogens with two attached hydrogens (primary N) is 1. The number of carbonyl (C=O) groups excluding carboxylic acids is 1. The van der Waals surface area contributed by atoms with Crippen molar-refractivity contribution >= 4 is 42.5 Å². The third-order valence-corrected chi connectivity index (χ3v) is 4.68. The first kappa shape index (κ1) is 19.3. The highest BCUT2D eigenvalue weighted by atomic mass is 35.5. The quantitative estimate of drug-likeness (QED) is 0.811. The highest BCUT2D eigenvalue weighted by Crippen LogP contribution is 2.23. The molecule has 2 unspecified atom stereocenters. The Kier molecular flexibility index (Phi) is 10.3. The van der Waals surface area contributed by atoms with Crippen LogP contribution < -0.4 is 11.1 Å². The summed E-state index contributed by atoms with van der Waals surface area (Å²) in [6, 6.07) is 0.0846. The molecule has 2 fully saturated rings. The van der Waals surface area contributed by atoms with Crippen molar-refractivity contribution < 1.29 is 4.79 Å². The molecule has 3 N–H and O–H groups in total. The lowest BCUT2D eigenvalue weighted by Gasteiger charge is -2.26. The minimum atomic E-state index is 0. The molecular weight excluding hydrogens is 305 g/mol. The first-order valence-electron chi connectivity index (χ1n) is 6.61. The van der Waals surface area contributed by atoms with Crippen LogP contribution in [0.5, 0.6) is 0 Å². The Bertz CT molecular complexity index is 265. The Morgan fingerprint density at radius 3 is 2.53 bits per heavy atom. The third-order valence-electron chi connectivity index (χ3n) is 3.74. The fraction of sp³-hybridized carbons (Fsp3) is 0.917. The molecule has 1 aliphatic heterocycles. The molecule has 1 aliphatic carbocycles. The SMILES string of the molecule is Cl.Cl.NC1CCCC1C(=O)NCCN1CCSCC1. The van der Waals surface area contributed by atoms with Crippen LogP contribution in [-0.2, 0) is 4.79 Å². The van der Waals surface area contributed by atoms with Crippen LogP contribution in [-0.4, -0.2) is 54.5 Å². The predicted octanol–water partition coefficient (Wildman–Crippen LogP) is 1.12. The number of nitrogens with one attached hydrogen (secondary N) is 1. The lowest BCUT2D eigenvalue weighted by Crippen LogP contribution is -2.43. The van der Waals surface area contributed by atoms with Gasteiger partial charge in [0.05, 0.1) is 5.92 Å². The van der Waals surface area contributed by atoms with Gasteiger partial charge in [0.25, 0.3) is 0 Å². The summed E-state index contributed by atoms with van der Waals surface area (Å²) in [6.45, 7) is 4.06. The molecule has 1 amide bonds. The van der Waals surface area contributed by atoms with Crippen molar-refractivity contribution in [3.63, 3.8) is 0 Å². The molecule has 0 aromatic heterocycles. The normalized spacial score (nSPS) is 27.2. The molecule has 0 spiro atoms. The van der Waals surface area contributed by atoms with E-state index in [-0.39, 0.29) is 42.7 Å². The summed E-state index contributed by atoms with van der Waals surface area (Å²) in [5, 5.41) is 3.03. The van der Waals surface area contributed by atoms with Gasteiger partial charge in [-0.1, -0.05) is 6.42 Å². The lowest BCUT2D eigenvalue weighted by molar-refractivity contribution is -0.125. The summed E-state index contributed by atoms with van der Waals surface area (Å²) in [6.07, 6.45) is 3.07. The maximum absolute atomic E-state index is 11.9. The smallest absolute Gasteiger partial charge is 0.224 e. The van der Waals surface area contributed by atoms with E-state index in [2.05, 4.69) is 10.2 Å². The first-order valence-corrected chi connectivity index (χ1v) is 7.76. The van der Waals surface area contributed by atoms with Crippen LogP contribution in [0.3, 0.4) is 0 Å². The van der Waals surface area contributed by atoms with Gasteiger partial charge in [-0.25, -0.2) is 0 Å². The van der Waals surface area contributed by atoms with E-state index in [9.17, 15) is 4.79 Å². The van der Waals surface area contributed by atoms with E-state index in [1.807, 2.05) is 11.8 Å². The molecule has 7 heteroatoms. The van der Waals surface area contributed by atoms with Gasteiger partial charge in [0.15, 0.2) is 0 Å². The summed E-state index contributed by atoms with van der Waals surface area (Å²) < 4.78 is 0. The first-order chi connectivity index (χ1) is 8.27. The van der Waals surface area contributed by atoms with Gasteiger partial charge >= 0.3 is 0 Å². The monoisotopic (exact) mass is 329 g/mol. The maximum Gasteiger partial charge on any atom is 0.224 e. The Morgan fingerprint density at radius 1 is 1.26 bits per heavy atom. The van der Waals surface area contributed by atoms with Crippen molar-refractivity contribution in [2.24, 2.45) is 11.7 Å². The average molecular weight is 330 g/mol. The zero-order valence-corrected chi connectivity index (χ0v) is 13.6. The van der Waals surface area contributed by atoms with Crippen molar-refractivity contribution in [1.82, 2.24) is 10.2 Å². The summed E-state index contributed by atoms with van der Waals surface area (Å²) >= 11 is 2.01. The van der Waals surface area contributed by atoms with E-state index in [4.69, 9.17) is 5.73 Å². The minimum absolute atomic E-state index is 0. The molecule has 4 nitrogen and oxygen atoms in total. The summed E-state index contributed by atoms with van der Waals surface area (Å²) in [5.41, 5.74) is 5.92. The van der Waals surface area contributed by atoms with Gasteiger partial charge in [-0.3, -0.25) is 9.69 Å². The average Bonchev–Trinajstić information content (AvgIpc) is 2.77. The number of hydrogen-bond acceptors (Lipinski definition) is 4. The van der Waals surface area contributed by atoms with Crippen LogP contribution in [0, 0.1) is 5.92 Å². The van der Waals surface area contributed by atoms with Crippen LogP contribution in [0.25, 0.3) is 0 Å². The van der Waals surface area contributed by atoms with E-state index in [0.717, 1.165) is 45.4 Å². The predicted molar refractivity (Wildman–Crippen MR) is 86.6 cm³/mol. The second kappa shape index (κ2) is 10.1. The largest absolute Gasteiger partial charge is 0.355 e. The standard InChI is InChI=1S/C12H23N3OS.2ClH/c13-11-3-1-2-10(11)12(16)14-4-5-15-6-8-17-9-7-15;;/h10-11H,1-9,13H2,(H,14,16);2*1H. The van der Waals surface area contributed by atoms with E-state index in [1.54, 1.807) is 0 Å². The van der Waals surface area contributed by atoms with Gasteiger partial charge in [-0.2, -0.15) is 11.8 Å². The number of thioether (sulfide) groups is 1. The molecule has 0 aromatic carbocycles. The van der Waals surface area contributed by atoms with Crippen LogP contribution >= 0.6 is 36.6 Å². The van der Waals surface area contributed by atoms with Gasteiger partial charge in [0.2, 0.25) is 5.91 Å². The van der Waals surface area contributed by atoms with Crippen molar-refractivity contribution in [2.45, 2.75) is 25.3 Å². The van der Waals surface area contributed by atoms with E-state index in [0.29, 0.717) is 0 Å². The van der Waals surface area contributed by atoms with Gasteiger partial charge in [0.1, 0.15) is 0 Å². The van der Waals surface area contributed by atoms with Crippen LogP contribution in [0.1, 0.15) is 19.3 Å². The van der Waals surface area contributed by atoms with Crippen LogP contribution in [0.15, 0.2) is 0 Å². The molecule has 1 heterocycles. The third kappa shape index (κ3) is 6.08. The molecule has 2 atom stereocenters. The highest BCUT2D eigenvalue weighted by molar-refractivity contribution is 7.99. The van der Waals surface area contributed by atoms with E-state index < -0.39 is 0 Å². The molecule has 0 aromatic rings. The molecular formula is C12H25Cl2N3OS. The Hall–Kier alpha value is 0.320. The fourth-order valence-electron chi connectivity index (χ4n) is 2.61. The number of halogens is 2. The summed E-state index contributed by atoms with van der Waals surface area (Å²) in [7, 11) is 0. The number of amides is 1. The van der Waals surface area contributed by atoms with Crippen LogP contribution in [0.2, 0.25) is 0 Å². The Balaban J connectivity index is 0.00000162. The van der Waals surface area contributed by atoms with E-state index in [1.165, 1.54) is 11.5 Å². The van der Waals surface area contributed by atoms with Crippen LogP contribution in [0.4, 0.5) is 0 Å². The Labute approximate surface area is 132 Å². The van der Waals surface area contributed by atoms with Crippen molar-refractivity contribution in [3.05, 3.63) is 0 Å². The Morgan fingerprint density at radius 2 is 1.95 bits per heavy atom. The number of carbonyl (C=O) groups is 1. The number of nitrogens with zero attached hydrogens (tertiary/aromatic N) is 1. The number of rotatable bonds is 4. The molecule has 19 heavy (non-hydrogen) atoms. The molecule has 1 saturated heterocycles. The van der Waals surface area contributed by atoms with Gasteiger partial charge in [-0.05, 0) is 12.8 Å². The van der Waals surface area contributed by atoms with Gasteiger partial charge in [0, 0.05) is 43.7 Å². The minimum Gasteiger partial charge on any atom is -0.355 e. The molecule has 2 aliphatic rings. The zero-order chi connectivity index (χ0) is 12.1. The topological polar surface area (TPSA) is 58.4 Å². The summed E-state index contributed by atoms with van der Waals surface area (Å²) in [4.78, 5) is 14.3. The molecule has 2 rings (SSSR count). The molecule has 0 radical (unpaired) electrons. The summed E-state index contributed by atoms with van der Waals surface area (Å²) in [5.74, 6) is 2.68. The number of hydrogen-bond donors (Lipinski definition) is 2. The van der Waals surface area contributed by atoms with E-state index >= 15 is 0 Å². The zero-order valence-electron chi connectivity index (χ0n) is 11.2. The fourth-order valence-corrected chi connectivity index (χ4v) is 3.59. The second-order valence-electron chi connectivity index (χ2n) is 4.95. The molecule has 1 saturated carbocycles. The van der Waals surface area contributed by atoms with Gasteiger partial charge < -0.3 is 11.1 Å². The maximum atomic E-state index is 11.9.